The second-order valence-corrected chi connectivity index (χ2v) is 26.8. The first-order valence-corrected chi connectivity index (χ1v) is 30.0. The van der Waals surface area contributed by atoms with Crippen molar-refractivity contribution in [2.45, 2.75) is 104 Å². The first-order valence-electron chi connectivity index (χ1n) is 24.2. The Kier molecular flexibility index (Phi) is 19.8. The van der Waals surface area contributed by atoms with E-state index < -0.39 is 77.9 Å². The molecule has 5 aromatic rings. The van der Waals surface area contributed by atoms with Gasteiger partial charge in [0.05, 0.1) is 34.5 Å². The number of sulfonamides is 1. The van der Waals surface area contributed by atoms with Crippen LogP contribution in [0.4, 0.5) is 24.5 Å². The van der Waals surface area contributed by atoms with Crippen LogP contribution in [-0.2, 0) is 38.0 Å². The Labute approximate surface area is 448 Å². The number of rotatable bonds is 22. The molecule has 75 heavy (non-hydrogen) atoms. The van der Waals surface area contributed by atoms with Gasteiger partial charge in [0.25, 0.3) is 25.8 Å². The summed E-state index contributed by atoms with van der Waals surface area (Å²) in [6.07, 6.45) is 0.839. The minimum atomic E-state index is -6.17. The molecule has 2 atom stereocenters. The molecule has 0 bridgehead atoms. The third kappa shape index (κ3) is 17.0. The number of benzene rings is 5. The normalized spacial score (nSPS) is 15.2. The minimum Gasteiger partial charge on any atom is -0.388 e. The number of anilines is 2. The van der Waals surface area contributed by atoms with Crippen LogP contribution in [0.5, 0.6) is 0 Å². The number of alkyl halides is 3. The number of piperidine rings is 1. The summed E-state index contributed by atoms with van der Waals surface area (Å²) in [4.78, 5) is 15.9. The summed E-state index contributed by atoms with van der Waals surface area (Å²) in [5, 5.41) is 15.1. The van der Waals surface area contributed by atoms with Crippen molar-refractivity contribution in [2.24, 2.45) is 5.92 Å². The molecule has 0 spiro atoms. The van der Waals surface area contributed by atoms with Crippen LogP contribution in [0.2, 0.25) is 5.02 Å². The minimum absolute atomic E-state index is 0.0379. The predicted octanol–water partition coefficient (Wildman–Crippen LogP) is 12.0. The van der Waals surface area contributed by atoms with E-state index in [1.54, 1.807) is 72.9 Å². The summed E-state index contributed by atoms with van der Waals surface area (Å²) in [5.41, 5.74) is -4.69. The lowest BCUT2D eigenvalue weighted by Crippen LogP contribution is -2.36. The Morgan fingerprint density at radius 3 is 2.04 bits per heavy atom. The average molecular weight is 1140 g/mol. The predicted molar refractivity (Wildman–Crippen MR) is 289 cm³/mol. The molecule has 1 saturated heterocycles. The van der Waals surface area contributed by atoms with Crippen LogP contribution < -0.4 is 14.9 Å². The second-order valence-electron chi connectivity index (χ2n) is 20.2. The van der Waals surface area contributed by atoms with Gasteiger partial charge in [-0.05, 0) is 164 Å². The number of sulfone groups is 1. The maximum Gasteiger partial charge on any atom is 0.501 e. The van der Waals surface area contributed by atoms with E-state index in [1.807, 2.05) is 76.4 Å². The third-order valence-corrected chi connectivity index (χ3v) is 18.2. The van der Waals surface area contributed by atoms with Crippen LogP contribution in [0, 0.1) is 5.92 Å². The Morgan fingerprint density at radius 2 is 1.44 bits per heavy atom. The molecule has 1 heterocycles. The second kappa shape index (κ2) is 24.9. The number of thioether (sulfide) groups is 1. The van der Waals surface area contributed by atoms with E-state index in [-0.39, 0.29) is 36.8 Å². The van der Waals surface area contributed by atoms with Gasteiger partial charge in [0.1, 0.15) is 4.90 Å². The average Bonchev–Trinajstić information content (AvgIpc) is 3.33. The molecule has 6 rings (SSSR count). The van der Waals surface area contributed by atoms with Crippen molar-refractivity contribution in [2.75, 3.05) is 55.8 Å². The highest BCUT2D eigenvalue weighted by Gasteiger charge is 2.48. The molecule has 0 aromatic heterocycles. The van der Waals surface area contributed by atoms with Gasteiger partial charge in [0, 0.05) is 52.6 Å². The molecular formula is C53H65ClF3N4O10PS3. The standard InChI is InChI=1S/C53H65ClF3N4O10PS3/c1-51(2,3)70-72(64,71-52(4,5)6)69-34-33-60(7)30-29-41(36-73-43-13-9-8-10-14-43)58-47-26-25-44(35-48(47)74(65,66)53(55,56)57)75(67,68)59-50(63)39-19-23-42(24-20-39)61-31-27-38(28-32-61)49(62)46-16-12-11-15-45(46)37-17-21-40(54)22-18-37/h8-26,35,38,41,49,58,62H,27-34,36H2,1-7H3,(H,59,63)/t41-,49-/m1/s1. The van der Waals surface area contributed by atoms with Crippen LogP contribution in [-0.4, -0.2) is 101 Å². The van der Waals surface area contributed by atoms with Gasteiger partial charge in [-0.25, -0.2) is 26.1 Å². The van der Waals surface area contributed by atoms with Crippen LogP contribution in [0.25, 0.3) is 11.1 Å². The smallest absolute Gasteiger partial charge is 0.388 e. The molecule has 0 saturated carbocycles. The number of carbonyl (C=O) groups excluding carboxylic acids is 1. The van der Waals surface area contributed by atoms with E-state index in [4.69, 9.17) is 25.2 Å². The third-order valence-electron chi connectivity index (χ3n) is 11.9. The fourth-order valence-corrected chi connectivity index (χ4v) is 13.2. The molecule has 408 valence electrons. The summed E-state index contributed by atoms with van der Waals surface area (Å²) >= 11 is 7.48. The van der Waals surface area contributed by atoms with E-state index in [9.17, 15) is 44.5 Å². The monoisotopic (exact) mass is 1140 g/mol. The van der Waals surface area contributed by atoms with Crippen LogP contribution in [0.3, 0.4) is 0 Å². The fraction of sp³-hybridized carbons (Fsp3) is 0.415. The molecule has 1 aliphatic heterocycles. The number of aliphatic hydroxyl groups is 1. The summed E-state index contributed by atoms with van der Waals surface area (Å²) in [6.45, 7) is 11.9. The molecule has 3 N–H and O–H groups in total. The highest BCUT2D eigenvalue weighted by atomic mass is 35.5. The molecule has 1 aliphatic rings. The summed E-state index contributed by atoms with van der Waals surface area (Å²) in [7, 11) is -13.4. The quantitative estimate of drug-likeness (QED) is 0.0440. The van der Waals surface area contributed by atoms with Gasteiger partial charge in [-0.15, -0.1) is 11.8 Å². The van der Waals surface area contributed by atoms with Gasteiger partial charge in [0.15, 0.2) is 0 Å². The zero-order chi connectivity index (χ0) is 55.0. The highest BCUT2D eigenvalue weighted by Crippen LogP contribution is 2.55. The number of phosphoric acid groups is 1. The highest BCUT2D eigenvalue weighted by molar-refractivity contribution is 7.99. The Bertz CT molecular complexity index is 2970. The number of phosphoric ester groups is 1. The number of aliphatic hydroxyl groups excluding tert-OH is 1. The van der Waals surface area contributed by atoms with Crippen molar-refractivity contribution in [1.29, 1.82) is 0 Å². The molecule has 22 heteroatoms. The zero-order valence-electron chi connectivity index (χ0n) is 42.8. The number of carbonyl (C=O) groups is 1. The summed E-state index contributed by atoms with van der Waals surface area (Å²) < 4.78 is 129. The Morgan fingerprint density at radius 1 is 0.840 bits per heavy atom. The first-order chi connectivity index (χ1) is 35.0. The lowest BCUT2D eigenvalue weighted by atomic mass is 9.84. The van der Waals surface area contributed by atoms with Gasteiger partial charge in [-0.1, -0.05) is 66.2 Å². The van der Waals surface area contributed by atoms with Crippen LogP contribution in [0.1, 0.15) is 82.8 Å². The molecule has 0 radical (unpaired) electrons. The number of hydrogen-bond acceptors (Lipinski definition) is 14. The Hall–Kier alpha value is -4.47. The molecule has 1 amide bonds. The van der Waals surface area contributed by atoms with Crippen molar-refractivity contribution >= 4 is 68.3 Å². The van der Waals surface area contributed by atoms with E-state index in [2.05, 4.69) is 10.2 Å². The van der Waals surface area contributed by atoms with Crippen LogP contribution in [0.15, 0.2) is 136 Å². The van der Waals surface area contributed by atoms with Crippen molar-refractivity contribution < 1.29 is 58.0 Å². The maximum atomic E-state index is 14.4. The van der Waals surface area contributed by atoms with Gasteiger partial charge in [-0.3, -0.25) is 18.4 Å². The van der Waals surface area contributed by atoms with Crippen LogP contribution >= 0.6 is 31.2 Å². The maximum absolute atomic E-state index is 14.4. The number of likely N-dealkylation sites (N-methyl/N-ethyl adjacent to an activating group) is 1. The van der Waals surface area contributed by atoms with Crippen molar-refractivity contribution in [3.8, 4) is 11.1 Å². The van der Waals surface area contributed by atoms with Gasteiger partial charge < -0.3 is 20.2 Å². The zero-order valence-corrected chi connectivity index (χ0v) is 46.9. The van der Waals surface area contributed by atoms with E-state index >= 15 is 0 Å². The molecule has 0 aliphatic carbocycles. The van der Waals surface area contributed by atoms with Gasteiger partial charge in [-0.2, -0.15) is 13.2 Å². The molecular weight excluding hydrogens is 1070 g/mol. The molecule has 1 fully saturated rings. The van der Waals surface area contributed by atoms with E-state index in [1.165, 1.54) is 23.9 Å². The number of nitrogens with one attached hydrogen (secondary N) is 2. The molecule has 5 aromatic carbocycles. The first kappa shape index (κ1) is 59.8. The summed E-state index contributed by atoms with van der Waals surface area (Å²) in [6, 6.07) is 31.9. The fourth-order valence-electron chi connectivity index (χ4n) is 8.24. The van der Waals surface area contributed by atoms with E-state index in [0.717, 1.165) is 39.4 Å². The number of nitrogens with zero attached hydrogens (tertiary/aromatic N) is 2. The number of hydrogen-bond donors (Lipinski definition) is 3. The lowest BCUT2D eigenvalue weighted by molar-refractivity contribution is -0.0436. The van der Waals surface area contributed by atoms with Gasteiger partial charge in [0.2, 0.25) is 0 Å². The number of halogens is 4. The number of amides is 1. The Balaban J connectivity index is 1.13. The SMILES string of the molecule is CN(CCOP(=O)(OC(C)(C)C)OC(C)(C)C)CC[C@H](CSc1ccccc1)Nc1ccc(S(=O)(=O)NC(=O)c2ccc(N3CCC([C@@H](O)c4ccccc4-c4ccc(Cl)cc4)CC3)cc2)cc1S(=O)(=O)C(F)(F)F. The summed E-state index contributed by atoms with van der Waals surface area (Å²) in [5.74, 6) is -0.890. The molecule has 0 unspecified atom stereocenters. The molecule has 14 nitrogen and oxygen atoms in total. The topological polar surface area (TPSA) is 181 Å². The van der Waals surface area contributed by atoms with Gasteiger partial charge >= 0.3 is 13.3 Å². The van der Waals surface area contributed by atoms with Crippen molar-refractivity contribution in [1.82, 2.24) is 9.62 Å². The van der Waals surface area contributed by atoms with Crippen molar-refractivity contribution in [3.05, 3.63) is 137 Å². The van der Waals surface area contributed by atoms with E-state index in [0.29, 0.717) is 43.6 Å². The largest absolute Gasteiger partial charge is 0.501 e. The lowest BCUT2D eigenvalue weighted by Gasteiger charge is -2.36. The van der Waals surface area contributed by atoms with Crippen molar-refractivity contribution in [3.63, 3.8) is 0 Å².